The Kier molecular flexibility index (Phi) is 5.99. The Labute approximate surface area is 162 Å². The van der Waals surface area contributed by atoms with E-state index in [1.165, 1.54) is 6.08 Å². The summed E-state index contributed by atoms with van der Waals surface area (Å²) in [5, 5.41) is 3.86. The number of ether oxygens (including phenoxy) is 1. The minimum atomic E-state index is -0.979. The Bertz CT molecular complexity index is 936. The van der Waals surface area contributed by atoms with Crippen molar-refractivity contribution < 1.29 is 14.3 Å². The molecule has 136 valence electrons. The predicted octanol–water partition coefficient (Wildman–Crippen LogP) is 5.55. The maximum Gasteiger partial charge on any atom is 0.331 e. The lowest BCUT2D eigenvalue weighted by Crippen LogP contribution is -2.19. The van der Waals surface area contributed by atoms with Crippen molar-refractivity contribution in [2.75, 3.05) is 0 Å². The number of ketones is 1. The molecule has 0 amide bonds. The van der Waals surface area contributed by atoms with Crippen molar-refractivity contribution in [1.29, 1.82) is 0 Å². The molecule has 0 bridgehead atoms. The summed E-state index contributed by atoms with van der Waals surface area (Å²) in [6.07, 6.45) is 2.06. The molecule has 0 saturated carbocycles. The Balaban J connectivity index is 1.85. The van der Waals surface area contributed by atoms with E-state index in [0.717, 1.165) is 16.7 Å². The molecule has 0 spiro atoms. The third-order valence-electron chi connectivity index (χ3n) is 4.14. The lowest BCUT2D eigenvalue weighted by Gasteiger charge is -2.17. The van der Waals surface area contributed by atoms with Gasteiger partial charge in [-0.1, -0.05) is 59.7 Å². The summed E-state index contributed by atoms with van der Waals surface area (Å²) in [4.78, 5) is 25.3. The normalized spacial score (nSPS) is 12.1. The molecular formula is C23H20O3S. The molecule has 0 aliphatic carbocycles. The van der Waals surface area contributed by atoms with E-state index in [1.54, 1.807) is 29.5 Å². The lowest BCUT2D eigenvalue weighted by molar-refractivity contribution is -0.141. The smallest absolute Gasteiger partial charge is 0.331 e. The van der Waals surface area contributed by atoms with Gasteiger partial charge < -0.3 is 4.74 Å². The van der Waals surface area contributed by atoms with E-state index in [9.17, 15) is 9.59 Å². The van der Waals surface area contributed by atoms with Crippen LogP contribution in [0.3, 0.4) is 0 Å². The van der Waals surface area contributed by atoms with Crippen molar-refractivity contribution in [2.24, 2.45) is 0 Å². The third-order valence-corrected chi connectivity index (χ3v) is 4.84. The maximum absolute atomic E-state index is 13.0. The summed E-state index contributed by atoms with van der Waals surface area (Å²) in [5.74, 6) is -0.789. The number of esters is 1. The molecule has 0 aliphatic heterocycles. The van der Waals surface area contributed by atoms with E-state index in [4.69, 9.17) is 4.74 Å². The highest BCUT2D eigenvalue weighted by Crippen LogP contribution is 2.24. The average molecular weight is 376 g/mol. The number of carbonyl (C=O) groups is 2. The van der Waals surface area contributed by atoms with Gasteiger partial charge >= 0.3 is 5.97 Å². The van der Waals surface area contributed by atoms with E-state index in [-0.39, 0.29) is 5.78 Å². The molecule has 0 N–H and O–H groups in total. The minimum absolute atomic E-state index is 0.240. The Hall–Kier alpha value is -2.98. The number of hydrogen-bond acceptors (Lipinski definition) is 4. The topological polar surface area (TPSA) is 43.4 Å². The number of hydrogen-bond donors (Lipinski definition) is 0. The van der Waals surface area contributed by atoms with Crippen LogP contribution in [-0.2, 0) is 9.53 Å². The van der Waals surface area contributed by atoms with Gasteiger partial charge in [0.2, 0.25) is 5.78 Å². The fourth-order valence-electron chi connectivity index (χ4n) is 2.57. The van der Waals surface area contributed by atoms with Gasteiger partial charge in [0.25, 0.3) is 0 Å². The molecule has 3 rings (SSSR count). The van der Waals surface area contributed by atoms with Gasteiger partial charge in [0.1, 0.15) is 0 Å². The monoisotopic (exact) mass is 376 g/mol. The Morgan fingerprint density at radius 1 is 0.926 bits per heavy atom. The van der Waals surface area contributed by atoms with Crippen molar-refractivity contribution in [3.8, 4) is 0 Å². The predicted molar refractivity (Wildman–Crippen MR) is 109 cm³/mol. The Morgan fingerprint density at radius 2 is 1.56 bits per heavy atom. The quantitative estimate of drug-likeness (QED) is 0.322. The second-order valence-electron chi connectivity index (χ2n) is 6.35. The van der Waals surface area contributed by atoms with Crippen LogP contribution in [0.5, 0.6) is 0 Å². The van der Waals surface area contributed by atoms with E-state index < -0.39 is 12.1 Å². The number of aryl methyl sites for hydroxylation is 2. The van der Waals surface area contributed by atoms with Gasteiger partial charge in [-0.05, 0) is 42.3 Å². The van der Waals surface area contributed by atoms with Gasteiger partial charge in [-0.25, -0.2) is 4.79 Å². The summed E-state index contributed by atoms with van der Waals surface area (Å²) in [7, 11) is 0. The molecule has 0 radical (unpaired) electrons. The van der Waals surface area contributed by atoms with Gasteiger partial charge in [0, 0.05) is 17.2 Å². The molecule has 0 fully saturated rings. The number of carbonyl (C=O) groups excluding carboxylic acids is 2. The fourth-order valence-corrected chi connectivity index (χ4v) is 3.20. The van der Waals surface area contributed by atoms with Crippen LogP contribution < -0.4 is 0 Å². The maximum atomic E-state index is 13.0. The van der Waals surface area contributed by atoms with Crippen LogP contribution >= 0.6 is 11.3 Å². The van der Waals surface area contributed by atoms with Crippen molar-refractivity contribution in [3.63, 3.8) is 0 Å². The van der Waals surface area contributed by atoms with Crippen LogP contribution in [0.2, 0.25) is 0 Å². The van der Waals surface area contributed by atoms with E-state index in [0.29, 0.717) is 11.1 Å². The first-order chi connectivity index (χ1) is 13.0. The summed E-state index contributed by atoms with van der Waals surface area (Å²) < 4.78 is 5.55. The molecular weight excluding hydrogens is 356 g/mol. The van der Waals surface area contributed by atoms with Crippen LogP contribution in [-0.4, -0.2) is 11.8 Å². The van der Waals surface area contributed by atoms with Gasteiger partial charge in [-0.3, -0.25) is 4.79 Å². The highest BCUT2D eigenvalue weighted by atomic mass is 32.1. The van der Waals surface area contributed by atoms with Crippen molar-refractivity contribution in [2.45, 2.75) is 20.0 Å². The van der Waals surface area contributed by atoms with E-state index in [1.807, 2.05) is 67.1 Å². The molecule has 1 aromatic heterocycles. The molecule has 4 heteroatoms. The molecule has 3 aromatic rings. The summed E-state index contributed by atoms with van der Waals surface area (Å²) >= 11 is 1.55. The van der Waals surface area contributed by atoms with Gasteiger partial charge in [-0.15, -0.1) is 0 Å². The Morgan fingerprint density at radius 3 is 2.15 bits per heavy atom. The molecule has 2 aromatic carbocycles. The number of rotatable bonds is 6. The van der Waals surface area contributed by atoms with E-state index >= 15 is 0 Å². The fraction of sp³-hybridized carbons (Fsp3) is 0.130. The number of Topliss-reactive ketones (excluding diaryl/α,β-unsaturated/α-hetero) is 1. The average Bonchev–Trinajstić information content (AvgIpc) is 3.19. The molecule has 3 nitrogen and oxygen atoms in total. The SMILES string of the molecule is Cc1ccc(C(=O)[C@@H](OC(=O)/C=C/c2ccsc2)c2ccc(C)cc2)cc1. The first-order valence-corrected chi connectivity index (χ1v) is 9.55. The number of benzene rings is 2. The molecule has 0 unspecified atom stereocenters. The highest BCUT2D eigenvalue weighted by molar-refractivity contribution is 7.08. The molecule has 0 aliphatic rings. The van der Waals surface area contributed by atoms with Crippen LogP contribution in [0.25, 0.3) is 6.08 Å². The molecule has 1 heterocycles. The second-order valence-corrected chi connectivity index (χ2v) is 7.13. The zero-order valence-corrected chi connectivity index (χ0v) is 16.0. The zero-order chi connectivity index (χ0) is 19.2. The summed E-state index contributed by atoms with van der Waals surface area (Å²) in [6, 6.07) is 16.6. The van der Waals surface area contributed by atoms with Crippen molar-refractivity contribution in [3.05, 3.63) is 99.3 Å². The minimum Gasteiger partial charge on any atom is -0.446 e. The summed E-state index contributed by atoms with van der Waals surface area (Å²) in [5.41, 5.74) is 4.23. The van der Waals surface area contributed by atoms with Crippen molar-refractivity contribution in [1.82, 2.24) is 0 Å². The van der Waals surface area contributed by atoms with Crippen LogP contribution in [0.1, 0.15) is 38.7 Å². The van der Waals surface area contributed by atoms with Crippen LogP contribution in [0.15, 0.2) is 71.4 Å². The van der Waals surface area contributed by atoms with E-state index in [2.05, 4.69) is 0 Å². The van der Waals surface area contributed by atoms with Gasteiger partial charge in [0.05, 0.1) is 0 Å². The highest BCUT2D eigenvalue weighted by Gasteiger charge is 2.25. The van der Waals surface area contributed by atoms with Crippen LogP contribution in [0, 0.1) is 13.8 Å². The van der Waals surface area contributed by atoms with Crippen molar-refractivity contribution >= 4 is 29.2 Å². The molecule has 1 atom stereocenters. The molecule has 27 heavy (non-hydrogen) atoms. The zero-order valence-electron chi connectivity index (χ0n) is 15.2. The summed E-state index contributed by atoms with van der Waals surface area (Å²) in [6.45, 7) is 3.93. The van der Waals surface area contributed by atoms with Gasteiger partial charge in [0.15, 0.2) is 6.10 Å². The van der Waals surface area contributed by atoms with Crippen LogP contribution in [0.4, 0.5) is 0 Å². The largest absolute Gasteiger partial charge is 0.446 e. The number of thiophene rings is 1. The standard InChI is InChI=1S/C23H20O3S/c1-16-3-8-19(9-4-16)22(25)23(20-10-5-17(2)6-11-20)26-21(24)12-7-18-13-14-27-15-18/h3-15,23H,1-2H3/b12-7+/t23-/m0/s1. The second kappa shape index (κ2) is 8.60. The first kappa shape index (κ1) is 18.8. The first-order valence-electron chi connectivity index (χ1n) is 8.61. The third kappa shape index (κ3) is 5.02. The molecule has 0 saturated heterocycles. The van der Waals surface area contributed by atoms with Gasteiger partial charge in [-0.2, -0.15) is 11.3 Å². The lowest BCUT2D eigenvalue weighted by atomic mass is 9.98.